The molecule has 8 nitrogen and oxygen atoms in total. The molecule has 1 aliphatic carbocycles. The van der Waals surface area contributed by atoms with Crippen LogP contribution in [0.1, 0.15) is 56.5 Å². The van der Waals surface area contributed by atoms with Crippen LogP contribution in [-0.4, -0.2) is 42.5 Å². The van der Waals surface area contributed by atoms with Crippen molar-refractivity contribution in [3.63, 3.8) is 0 Å². The topological polar surface area (TPSA) is 114 Å². The molecule has 28 heavy (non-hydrogen) atoms. The monoisotopic (exact) mass is 389 g/mol. The van der Waals surface area contributed by atoms with E-state index in [4.69, 9.17) is 4.74 Å². The van der Waals surface area contributed by atoms with E-state index in [2.05, 4.69) is 36.7 Å². The van der Waals surface area contributed by atoms with Gasteiger partial charge in [0.25, 0.3) is 11.8 Å². The fourth-order valence-corrected chi connectivity index (χ4v) is 2.33. The lowest BCUT2D eigenvalue weighted by atomic mass is 9.86. The summed E-state index contributed by atoms with van der Waals surface area (Å²) >= 11 is 0. The van der Waals surface area contributed by atoms with Gasteiger partial charge >= 0.3 is 12.0 Å². The number of rotatable bonds is 6. The lowest BCUT2D eigenvalue weighted by molar-refractivity contribution is -0.149. The van der Waals surface area contributed by atoms with Crippen molar-refractivity contribution < 1.29 is 23.9 Å². The predicted molar refractivity (Wildman–Crippen MR) is 103 cm³/mol. The van der Waals surface area contributed by atoms with Crippen LogP contribution in [-0.2, 0) is 19.7 Å². The number of esters is 1. The highest BCUT2D eigenvalue weighted by molar-refractivity contribution is 5.98. The largest absolute Gasteiger partial charge is 0.454 e. The Bertz CT molecular complexity index is 748. The molecule has 0 radical (unpaired) electrons. The van der Waals surface area contributed by atoms with E-state index >= 15 is 0 Å². The van der Waals surface area contributed by atoms with E-state index in [9.17, 15) is 19.2 Å². The molecule has 0 spiro atoms. The van der Waals surface area contributed by atoms with Crippen molar-refractivity contribution in [1.82, 2.24) is 16.0 Å². The summed E-state index contributed by atoms with van der Waals surface area (Å²) in [6, 6.07) is 5.69. The van der Waals surface area contributed by atoms with Gasteiger partial charge in [-0.25, -0.2) is 9.59 Å². The first-order valence-corrected chi connectivity index (χ1v) is 9.24. The summed E-state index contributed by atoms with van der Waals surface area (Å²) in [4.78, 5) is 47.3. The summed E-state index contributed by atoms with van der Waals surface area (Å²) in [6.45, 7) is 7.09. The van der Waals surface area contributed by atoms with E-state index in [-0.39, 0.29) is 11.5 Å². The molecule has 152 valence electrons. The zero-order chi connectivity index (χ0) is 20.9. The summed E-state index contributed by atoms with van der Waals surface area (Å²) in [5.74, 6) is -1.92. The lowest BCUT2D eigenvalue weighted by Crippen LogP contribution is -2.44. The SMILES string of the molecule is C[C@H](NC(=O)c1ccc(C(C)(C)C)cc1)C(=O)OCC(=O)NC(=O)NC1CC1. The molecule has 8 heteroatoms. The highest BCUT2D eigenvalue weighted by Gasteiger charge is 2.24. The third-order valence-electron chi connectivity index (χ3n) is 4.23. The van der Waals surface area contributed by atoms with Crippen molar-refractivity contribution >= 4 is 23.8 Å². The molecular weight excluding hydrogens is 362 g/mol. The van der Waals surface area contributed by atoms with Crippen LogP contribution in [0.4, 0.5) is 4.79 Å². The second-order valence-electron chi connectivity index (χ2n) is 7.93. The van der Waals surface area contributed by atoms with E-state index in [1.54, 1.807) is 12.1 Å². The van der Waals surface area contributed by atoms with Gasteiger partial charge in [-0.3, -0.25) is 14.9 Å². The maximum atomic E-state index is 12.3. The van der Waals surface area contributed by atoms with Crippen LogP contribution in [0.15, 0.2) is 24.3 Å². The first kappa shape index (κ1) is 21.4. The summed E-state index contributed by atoms with van der Waals surface area (Å²) in [5.41, 5.74) is 1.48. The Morgan fingerprint density at radius 2 is 1.71 bits per heavy atom. The van der Waals surface area contributed by atoms with Crippen LogP contribution in [0, 0.1) is 0 Å². The van der Waals surface area contributed by atoms with Crippen molar-refractivity contribution in [3.05, 3.63) is 35.4 Å². The number of hydrogen-bond acceptors (Lipinski definition) is 5. The number of carbonyl (C=O) groups excluding carboxylic acids is 4. The molecule has 0 heterocycles. The van der Waals surface area contributed by atoms with Gasteiger partial charge in [-0.2, -0.15) is 0 Å². The molecule has 1 saturated carbocycles. The Labute approximate surface area is 164 Å². The zero-order valence-electron chi connectivity index (χ0n) is 16.6. The van der Waals surface area contributed by atoms with Crippen molar-refractivity contribution in [1.29, 1.82) is 0 Å². The van der Waals surface area contributed by atoms with Gasteiger partial charge in [0.2, 0.25) is 0 Å². The Balaban J connectivity index is 1.76. The molecular formula is C20H27N3O5. The van der Waals surface area contributed by atoms with Crippen LogP contribution >= 0.6 is 0 Å². The quantitative estimate of drug-likeness (QED) is 0.640. The number of nitrogens with one attached hydrogen (secondary N) is 3. The highest BCUT2D eigenvalue weighted by Crippen LogP contribution is 2.22. The summed E-state index contributed by atoms with van der Waals surface area (Å²) < 4.78 is 4.84. The second kappa shape index (κ2) is 8.86. The molecule has 1 aliphatic rings. The van der Waals surface area contributed by atoms with Gasteiger partial charge in [-0.15, -0.1) is 0 Å². The van der Waals surface area contributed by atoms with Crippen molar-refractivity contribution in [2.24, 2.45) is 0 Å². The highest BCUT2D eigenvalue weighted by atomic mass is 16.5. The normalized spacial score (nSPS) is 14.6. The molecule has 0 aliphatic heterocycles. The fourth-order valence-electron chi connectivity index (χ4n) is 2.33. The molecule has 1 atom stereocenters. The lowest BCUT2D eigenvalue weighted by Gasteiger charge is -2.19. The number of hydrogen-bond donors (Lipinski definition) is 3. The average molecular weight is 389 g/mol. The van der Waals surface area contributed by atoms with Gasteiger partial charge in [-0.1, -0.05) is 32.9 Å². The first-order valence-electron chi connectivity index (χ1n) is 9.24. The average Bonchev–Trinajstić information content (AvgIpc) is 3.42. The van der Waals surface area contributed by atoms with Gasteiger partial charge < -0.3 is 15.4 Å². The molecule has 0 saturated heterocycles. The molecule has 3 N–H and O–H groups in total. The van der Waals surface area contributed by atoms with Gasteiger partial charge in [0, 0.05) is 11.6 Å². The van der Waals surface area contributed by atoms with Gasteiger partial charge in [-0.05, 0) is 42.9 Å². The van der Waals surface area contributed by atoms with Crippen molar-refractivity contribution in [2.75, 3.05) is 6.61 Å². The Hall–Kier alpha value is -2.90. The zero-order valence-corrected chi connectivity index (χ0v) is 16.6. The Morgan fingerprint density at radius 3 is 2.25 bits per heavy atom. The maximum absolute atomic E-state index is 12.3. The second-order valence-corrected chi connectivity index (χ2v) is 7.93. The number of benzene rings is 1. The third kappa shape index (κ3) is 6.68. The van der Waals surface area contributed by atoms with Crippen LogP contribution in [0.25, 0.3) is 0 Å². The molecule has 1 fully saturated rings. The van der Waals surface area contributed by atoms with Crippen LogP contribution in [0.5, 0.6) is 0 Å². The van der Waals surface area contributed by atoms with E-state index in [0.717, 1.165) is 18.4 Å². The number of ether oxygens (including phenoxy) is 1. The Kier molecular flexibility index (Phi) is 6.77. The maximum Gasteiger partial charge on any atom is 0.328 e. The van der Waals surface area contributed by atoms with E-state index in [0.29, 0.717) is 5.56 Å². The van der Waals surface area contributed by atoms with Crippen molar-refractivity contribution in [2.45, 2.75) is 58.0 Å². The number of urea groups is 1. The minimum Gasteiger partial charge on any atom is -0.454 e. The fraction of sp³-hybridized carbons (Fsp3) is 0.500. The molecule has 1 aromatic rings. The van der Waals surface area contributed by atoms with Gasteiger partial charge in [0.05, 0.1) is 0 Å². The predicted octanol–water partition coefficient (Wildman–Crippen LogP) is 1.63. The molecule has 4 amide bonds. The van der Waals surface area contributed by atoms with E-state index in [1.165, 1.54) is 6.92 Å². The van der Waals surface area contributed by atoms with Gasteiger partial charge in [0.1, 0.15) is 6.04 Å². The summed E-state index contributed by atoms with van der Waals surface area (Å²) in [6.07, 6.45) is 1.79. The molecule has 0 unspecified atom stereocenters. The van der Waals surface area contributed by atoms with Crippen LogP contribution in [0.2, 0.25) is 0 Å². The van der Waals surface area contributed by atoms with Crippen LogP contribution < -0.4 is 16.0 Å². The minimum atomic E-state index is -0.942. The van der Waals surface area contributed by atoms with Gasteiger partial charge in [0.15, 0.2) is 6.61 Å². The minimum absolute atomic E-state index is 0.0256. The standard InChI is InChI=1S/C20H27N3O5/c1-12(18(26)28-11-16(24)23-19(27)22-15-9-10-15)21-17(25)13-5-7-14(8-6-13)20(2,3)4/h5-8,12,15H,9-11H2,1-4H3,(H,21,25)(H2,22,23,24,27)/t12-/m0/s1. The summed E-state index contributed by atoms with van der Waals surface area (Å²) in [7, 11) is 0. The Morgan fingerprint density at radius 1 is 1.11 bits per heavy atom. The molecule has 0 bridgehead atoms. The molecule has 0 aromatic heterocycles. The number of imide groups is 1. The smallest absolute Gasteiger partial charge is 0.328 e. The molecule has 1 aromatic carbocycles. The van der Waals surface area contributed by atoms with E-state index < -0.39 is 36.5 Å². The number of carbonyl (C=O) groups is 4. The van der Waals surface area contributed by atoms with E-state index in [1.807, 2.05) is 12.1 Å². The third-order valence-corrected chi connectivity index (χ3v) is 4.23. The van der Waals surface area contributed by atoms with Crippen LogP contribution in [0.3, 0.4) is 0 Å². The summed E-state index contributed by atoms with van der Waals surface area (Å²) in [5, 5.41) is 7.19. The molecule has 2 rings (SSSR count). The van der Waals surface area contributed by atoms with Crippen molar-refractivity contribution in [3.8, 4) is 0 Å². The first-order chi connectivity index (χ1) is 13.1. The number of amides is 4.